The van der Waals surface area contributed by atoms with E-state index in [1.165, 1.54) is 87.7 Å². The largest absolute Gasteiger partial charge is 0.309 e. The van der Waals surface area contributed by atoms with Crippen LogP contribution in [0, 0.1) is 0 Å². The van der Waals surface area contributed by atoms with E-state index >= 15 is 0 Å². The Balaban J connectivity index is 1.25. The van der Waals surface area contributed by atoms with Crippen LogP contribution in [0.2, 0.25) is 0 Å². The lowest BCUT2D eigenvalue weighted by atomic mass is 9.99. The zero-order valence-electron chi connectivity index (χ0n) is 31.0. The Labute approximate surface area is 329 Å². The van der Waals surface area contributed by atoms with Gasteiger partial charge in [-0.1, -0.05) is 158 Å². The molecular weight excluding hydrogens is 691 g/mol. The third-order valence-corrected chi connectivity index (χ3v) is 11.8. The van der Waals surface area contributed by atoms with Gasteiger partial charge in [0, 0.05) is 60.4 Å². The summed E-state index contributed by atoms with van der Waals surface area (Å²) in [5.41, 5.74) is 15.4. The van der Waals surface area contributed by atoms with Gasteiger partial charge in [0.2, 0.25) is 0 Å². The molecular formula is C54H35N3. The topological polar surface area (TPSA) is 14.8 Å². The second kappa shape index (κ2) is 12.5. The molecule has 3 heteroatoms. The molecule has 0 aliphatic heterocycles. The highest BCUT2D eigenvalue weighted by molar-refractivity contribution is 6.30. The monoisotopic (exact) mass is 725 g/mol. The summed E-state index contributed by atoms with van der Waals surface area (Å²) in [5, 5.41) is 7.50. The Hall–Kier alpha value is -7.62. The van der Waals surface area contributed by atoms with Crippen molar-refractivity contribution >= 4 is 65.4 Å². The number of para-hydroxylation sites is 7. The third-order valence-electron chi connectivity index (χ3n) is 11.8. The van der Waals surface area contributed by atoms with Crippen molar-refractivity contribution in [1.29, 1.82) is 0 Å². The van der Waals surface area contributed by atoms with Gasteiger partial charge in [0.15, 0.2) is 0 Å². The molecule has 9 aromatic carbocycles. The fourth-order valence-corrected chi connectivity index (χ4v) is 9.55. The zero-order valence-corrected chi connectivity index (χ0v) is 31.0. The molecule has 3 aromatic heterocycles. The second-order valence-corrected chi connectivity index (χ2v) is 14.9. The summed E-state index contributed by atoms with van der Waals surface area (Å²) in [4.78, 5) is 0. The molecule has 57 heavy (non-hydrogen) atoms. The highest BCUT2D eigenvalue weighted by atomic mass is 15.0. The van der Waals surface area contributed by atoms with Crippen LogP contribution in [0.1, 0.15) is 0 Å². The van der Waals surface area contributed by atoms with Crippen molar-refractivity contribution in [2.75, 3.05) is 0 Å². The van der Waals surface area contributed by atoms with Crippen molar-refractivity contribution in [3.63, 3.8) is 0 Å². The molecule has 0 aliphatic carbocycles. The van der Waals surface area contributed by atoms with Gasteiger partial charge in [-0.05, 0) is 60.2 Å². The Kier molecular flexibility index (Phi) is 6.93. The number of benzene rings is 9. The molecule has 0 aliphatic rings. The lowest BCUT2D eigenvalue weighted by Gasteiger charge is -2.18. The Morgan fingerprint density at radius 1 is 0.246 bits per heavy atom. The smallest absolute Gasteiger partial charge is 0.0620 e. The van der Waals surface area contributed by atoms with Crippen LogP contribution in [-0.4, -0.2) is 13.7 Å². The van der Waals surface area contributed by atoms with Crippen LogP contribution < -0.4 is 0 Å². The van der Waals surface area contributed by atoms with E-state index < -0.39 is 0 Å². The molecule has 0 saturated heterocycles. The van der Waals surface area contributed by atoms with Gasteiger partial charge >= 0.3 is 0 Å². The van der Waals surface area contributed by atoms with Crippen molar-refractivity contribution in [3.05, 3.63) is 212 Å². The fourth-order valence-electron chi connectivity index (χ4n) is 9.55. The second-order valence-electron chi connectivity index (χ2n) is 14.9. The molecule has 0 unspecified atom stereocenters. The highest BCUT2D eigenvalue weighted by Gasteiger charge is 2.25. The molecule has 0 amide bonds. The minimum absolute atomic E-state index is 1.14. The average Bonchev–Trinajstić information content (AvgIpc) is 3.93. The maximum Gasteiger partial charge on any atom is 0.0620 e. The number of hydrogen-bond donors (Lipinski definition) is 0. The summed E-state index contributed by atoms with van der Waals surface area (Å²) >= 11 is 0. The van der Waals surface area contributed by atoms with E-state index in [0.717, 1.165) is 17.1 Å². The summed E-state index contributed by atoms with van der Waals surface area (Å²) < 4.78 is 7.41. The summed E-state index contributed by atoms with van der Waals surface area (Å²) in [6.07, 6.45) is 0. The van der Waals surface area contributed by atoms with Crippen molar-refractivity contribution in [1.82, 2.24) is 13.7 Å². The molecule has 0 fully saturated rings. The maximum absolute atomic E-state index is 2.55. The molecule has 266 valence electrons. The number of nitrogens with zero attached hydrogens (tertiary/aromatic N) is 3. The van der Waals surface area contributed by atoms with E-state index in [1.807, 2.05) is 0 Å². The normalized spacial score (nSPS) is 11.9. The summed E-state index contributed by atoms with van der Waals surface area (Å²) in [5.74, 6) is 0. The van der Waals surface area contributed by atoms with Gasteiger partial charge in [0.1, 0.15) is 0 Å². The summed E-state index contributed by atoms with van der Waals surface area (Å²) in [7, 11) is 0. The minimum Gasteiger partial charge on any atom is -0.309 e. The number of aromatic nitrogens is 3. The van der Waals surface area contributed by atoms with Gasteiger partial charge in [-0.2, -0.15) is 0 Å². The lowest BCUT2D eigenvalue weighted by Crippen LogP contribution is -2.00. The molecule has 3 nitrogen and oxygen atoms in total. The van der Waals surface area contributed by atoms with Gasteiger partial charge in [-0.3, -0.25) is 0 Å². The summed E-state index contributed by atoms with van der Waals surface area (Å²) in [6, 6.07) is 77.4. The molecule has 0 atom stereocenters. The van der Waals surface area contributed by atoms with Crippen LogP contribution in [0.3, 0.4) is 0 Å². The Morgan fingerprint density at radius 2 is 0.719 bits per heavy atom. The highest BCUT2D eigenvalue weighted by Crippen LogP contribution is 2.47. The number of rotatable bonds is 5. The van der Waals surface area contributed by atoms with Gasteiger partial charge in [-0.15, -0.1) is 0 Å². The van der Waals surface area contributed by atoms with Crippen LogP contribution in [0.4, 0.5) is 0 Å². The standard InChI is InChI=1S/C54H35N3/c1-4-18-36(19-5-1)39-27-16-30-45-52-50(35-34-49-51(52)44-26-12-15-33-48(44)55(49)37-20-6-2-7-21-37)57(53(39)45)47-32-14-11-25-41(47)43-29-17-28-42-40-24-10-13-31-46(40)56(54(42)43)38-22-8-3-9-23-38/h1-35H. The van der Waals surface area contributed by atoms with Crippen LogP contribution in [0.15, 0.2) is 212 Å². The van der Waals surface area contributed by atoms with Crippen molar-refractivity contribution in [2.45, 2.75) is 0 Å². The van der Waals surface area contributed by atoms with Gasteiger partial charge < -0.3 is 13.7 Å². The molecule has 0 N–H and O–H groups in total. The van der Waals surface area contributed by atoms with E-state index in [1.54, 1.807) is 0 Å². The number of fused-ring (bicyclic) bond motifs is 10. The molecule has 12 rings (SSSR count). The first-order valence-corrected chi connectivity index (χ1v) is 19.6. The Morgan fingerprint density at radius 3 is 1.46 bits per heavy atom. The predicted molar refractivity (Wildman–Crippen MR) is 240 cm³/mol. The fraction of sp³-hybridized carbons (Fsp3) is 0. The van der Waals surface area contributed by atoms with Gasteiger partial charge in [-0.25, -0.2) is 0 Å². The third kappa shape index (κ3) is 4.60. The number of hydrogen-bond acceptors (Lipinski definition) is 0. The van der Waals surface area contributed by atoms with Crippen LogP contribution in [-0.2, 0) is 0 Å². The first-order valence-electron chi connectivity index (χ1n) is 19.6. The van der Waals surface area contributed by atoms with E-state index in [2.05, 4.69) is 226 Å². The zero-order chi connectivity index (χ0) is 37.5. The van der Waals surface area contributed by atoms with Gasteiger partial charge in [0.05, 0.1) is 38.8 Å². The quantitative estimate of drug-likeness (QED) is 0.168. The lowest BCUT2D eigenvalue weighted by molar-refractivity contribution is 1.17. The SMILES string of the molecule is c1ccc(-c2cccc3c4c5c6ccccc6n(-c6ccccc6)c5ccc4n(-c4ccccc4-c4cccc5c6ccccc6n(-c6ccccc6)c45)c23)cc1. The van der Waals surface area contributed by atoms with Crippen LogP contribution >= 0.6 is 0 Å². The molecule has 12 aromatic rings. The molecule has 0 saturated carbocycles. The van der Waals surface area contributed by atoms with E-state index in [9.17, 15) is 0 Å². The maximum atomic E-state index is 2.55. The average molecular weight is 726 g/mol. The molecule has 0 bridgehead atoms. The van der Waals surface area contributed by atoms with Crippen molar-refractivity contribution in [3.8, 4) is 39.3 Å². The first-order chi connectivity index (χ1) is 28.3. The Bertz CT molecular complexity index is 3500. The van der Waals surface area contributed by atoms with E-state index in [-0.39, 0.29) is 0 Å². The summed E-state index contributed by atoms with van der Waals surface area (Å²) in [6.45, 7) is 0. The van der Waals surface area contributed by atoms with Crippen molar-refractivity contribution in [2.24, 2.45) is 0 Å². The van der Waals surface area contributed by atoms with E-state index in [0.29, 0.717) is 0 Å². The molecule has 0 spiro atoms. The predicted octanol–water partition coefficient (Wildman–Crippen LogP) is 14.3. The molecule has 3 heterocycles. The first kappa shape index (κ1) is 31.7. The van der Waals surface area contributed by atoms with Gasteiger partial charge in [0.25, 0.3) is 0 Å². The van der Waals surface area contributed by atoms with Crippen molar-refractivity contribution < 1.29 is 0 Å². The molecule has 0 radical (unpaired) electrons. The van der Waals surface area contributed by atoms with Crippen LogP contribution in [0.5, 0.6) is 0 Å². The minimum atomic E-state index is 1.14. The van der Waals surface area contributed by atoms with E-state index in [4.69, 9.17) is 0 Å². The van der Waals surface area contributed by atoms with Crippen LogP contribution in [0.25, 0.3) is 105 Å².